The largest absolute Gasteiger partial charge is 0.409 e. The number of hydrogen-bond acceptors (Lipinski definition) is 4. The van der Waals surface area contributed by atoms with Crippen molar-refractivity contribution in [2.24, 2.45) is 22.7 Å². The average molecular weight is 253 g/mol. The number of amidine groups is 1. The smallest absolute Gasteiger partial charge is 0.231 e. The molecular formula is C11H19N5O2. The van der Waals surface area contributed by atoms with E-state index >= 15 is 0 Å². The maximum absolute atomic E-state index is 11.9. The van der Waals surface area contributed by atoms with Crippen molar-refractivity contribution in [2.45, 2.75) is 20.4 Å². The number of nitrogens with zero attached hydrogens (tertiary/aromatic N) is 3. The fourth-order valence-corrected chi connectivity index (χ4v) is 1.68. The van der Waals surface area contributed by atoms with E-state index in [2.05, 4.69) is 15.6 Å². The predicted molar refractivity (Wildman–Crippen MR) is 67.0 cm³/mol. The molecule has 1 heterocycles. The van der Waals surface area contributed by atoms with Gasteiger partial charge in [-0.15, -0.1) is 0 Å². The van der Waals surface area contributed by atoms with Gasteiger partial charge >= 0.3 is 0 Å². The average Bonchev–Trinajstić information content (AvgIpc) is 2.81. The Balaban J connectivity index is 2.47. The van der Waals surface area contributed by atoms with Crippen LogP contribution in [0.15, 0.2) is 23.6 Å². The minimum atomic E-state index is -0.618. The van der Waals surface area contributed by atoms with Crippen LogP contribution >= 0.6 is 0 Å². The first kappa shape index (κ1) is 14.0. The second kappa shape index (κ2) is 6.63. The van der Waals surface area contributed by atoms with Gasteiger partial charge < -0.3 is 16.3 Å². The lowest BCUT2D eigenvalue weighted by molar-refractivity contribution is -0.124. The number of oxime groups is 1. The zero-order chi connectivity index (χ0) is 13.5. The second-order valence-corrected chi connectivity index (χ2v) is 4.31. The molecule has 0 fully saturated rings. The monoisotopic (exact) mass is 253 g/mol. The minimum absolute atomic E-state index is 0.0365. The van der Waals surface area contributed by atoms with E-state index < -0.39 is 5.92 Å². The Morgan fingerprint density at radius 3 is 2.83 bits per heavy atom. The molecule has 1 atom stereocenters. The van der Waals surface area contributed by atoms with E-state index in [1.54, 1.807) is 10.9 Å². The second-order valence-electron chi connectivity index (χ2n) is 4.31. The highest BCUT2D eigenvalue weighted by atomic mass is 16.4. The molecule has 0 spiro atoms. The van der Waals surface area contributed by atoms with E-state index in [4.69, 9.17) is 10.9 Å². The molecule has 100 valence electrons. The molecule has 1 unspecified atom stereocenters. The van der Waals surface area contributed by atoms with Crippen LogP contribution in [0.4, 0.5) is 0 Å². The molecule has 7 heteroatoms. The molecule has 1 amide bonds. The van der Waals surface area contributed by atoms with Crippen LogP contribution in [0.5, 0.6) is 0 Å². The van der Waals surface area contributed by atoms with Gasteiger partial charge in [-0.05, 0) is 12.0 Å². The molecule has 0 saturated carbocycles. The Morgan fingerprint density at radius 1 is 1.61 bits per heavy atom. The van der Waals surface area contributed by atoms with E-state index in [1.807, 2.05) is 26.1 Å². The quantitative estimate of drug-likeness (QED) is 0.287. The van der Waals surface area contributed by atoms with E-state index in [1.165, 1.54) is 0 Å². The number of nitrogens with two attached hydrogens (primary N) is 1. The molecule has 0 saturated heterocycles. The molecule has 0 aliphatic carbocycles. The molecule has 4 N–H and O–H groups in total. The van der Waals surface area contributed by atoms with Crippen molar-refractivity contribution in [2.75, 3.05) is 6.54 Å². The van der Waals surface area contributed by atoms with Crippen LogP contribution in [-0.2, 0) is 11.3 Å². The van der Waals surface area contributed by atoms with Crippen LogP contribution in [0, 0.1) is 11.8 Å². The molecule has 18 heavy (non-hydrogen) atoms. The Kier molecular flexibility index (Phi) is 5.16. The van der Waals surface area contributed by atoms with Crippen LogP contribution in [0.3, 0.4) is 0 Å². The maximum Gasteiger partial charge on any atom is 0.231 e. The van der Waals surface area contributed by atoms with Crippen LogP contribution in [0.25, 0.3) is 0 Å². The van der Waals surface area contributed by atoms with Gasteiger partial charge in [0.25, 0.3) is 0 Å². The van der Waals surface area contributed by atoms with Gasteiger partial charge in [0.2, 0.25) is 5.91 Å². The lowest BCUT2D eigenvalue weighted by atomic mass is 9.94. The molecular weight excluding hydrogens is 234 g/mol. The number of carbonyl (C=O) groups excluding carboxylic acids is 1. The van der Waals surface area contributed by atoms with Gasteiger partial charge in [-0.25, -0.2) is 0 Å². The van der Waals surface area contributed by atoms with Gasteiger partial charge in [0, 0.05) is 18.9 Å². The summed E-state index contributed by atoms with van der Waals surface area (Å²) < 4.78 is 1.72. The van der Waals surface area contributed by atoms with Gasteiger partial charge in [-0.1, -0.05) is 19.0 Å². The number of hydrogen-bond donors (Lipinski definition) is 3. The summed E-state index contributed by atoms with van der Waals surface area (Å²) in [5, 5.41) is 18.3. The minimum Gasteiger partial charge on any atom is -0.409 e. The first-order chi connectivity index (χ1) is 8.56. The summed E-state index contributed by atoms with van der Waals surface area (Å²) in [5.74, 6) is -0.965. The third kappa shape index (κ3) is 3.76. The topological polar surface area (TPSA) is 106 Å². The summed E-state index contributed by atoms with van der Waals surface area (Å²) in [7, 11) is 0. The molecule has 0 radical (unpaired) electrons. The van der Waals surface area contributed by atoms with Crippen LogP contribution in [0.1, 0.15) is 13.8 Å². The van der Waals surface area contributed by atoms with Gasteiger partial charge in [0.15, 0.2) is 5.84 Å². The van der Waals surface area contributed by atoms with E-state index in [-0.39, 0.29) is 17.7 Å². The molecule has 1 rings (SSSR count). The molecule has 0 bridgehead atoms. The third-order valence-electron chi connectivity index (χ3n) is 2.58. The number of carbonyl (C=O) groups is 1. The third-order valence-corrected chi connectivity index (χ3v) is 2.58. The molecule has 0 aromatic carbocycles. The lowest BCUT2D eigenvalue weighted by Crippen LogP contribution is -2.42. The molecule has 0 aliphatic rings. The standard InChI is InChI=1S/C11H19N5O2/c1-8(2)9(10(12)15-18)11(17)13-5-7-16-6-3-4-14-16/h3-4,6,8-9,18H,5,7H2,1-2H3,(H2,12,15)(H,13,17). The molecule has 1 aromatic rings. The first-order valence-corrected chi connectivity index (χ1v) is 5.78. The zero-order valence-corrected chi connectivity index (χ0v) is 10.6. The highest BCUT2D eigenvalue weighted by Gasteiger charge is 2.26. The number of nitrogens with one attached hydrogen (secondary N) is 1. The highest BCUT2D eigenvalue weighted by Crippen LogP contribution is 2.11. The van der Waals surface area contributed by atoms with Gasteiger partial charge in [-0.2, -0.15) is 5.10 Å². The summed E-state index contributed by atoms with van der Waals surface area (Å²) in [5.41, 5.74) is 5.51. The van der Waals surface area contributed by atoms with Crippen LogP contribution < -0.4 is 11.1 Å². The van der Waals surface area contributed by atoms with Gasteiger partial charge in [0.05, 0.1) is 6.54 Å². The number of amides is 1. The van der Waals surface area contributed by atoms with Gasteiger partial charge in [0.1, 0.15) is 5.92 Å². The summed E-state index contributed by atoms with van der Waals surface area (Å²) in [6.07, 6.45) is 3.49. The SMILES string of the molecule is CC(C)C(C(=O)NCCn1cccn1)C(N)=NO. The van der Waals surface area contributed by atoms with E-state index in [0.717, 1.165) is 0 Å². The van der Waals surface area contributed by atoms with Crippen molar-refractivity contribution in [3.63, 3.8) is 0 Å². The Bertz CT molecular complexity index is 400. The predicted octanol–water partition coefficient (Wildman–Crippen LogP) is 0.0179. The molecule has 1 aromatic heterocycles. The van der Waals surface area contributed by atoms with Crippen molar-refractivity contribution < 1.29 is 10.0 Å². The van der Waals surface area contributed by atoms with Crippen LogP contribution in [0.2, 0.25) is 0 Å². The number of rotatable bonds is 6. The zero-order valence-electron chi connectivity index (χ0n) is 10.6. The fourth-order valence-electron chi connectivity index (χ4n) is 1.68. The highest BCUT2D eigenvalue weighted by molar-refractivity contribution is 6.02. The van der Waals surface area contributed by atoms with Crippen molar-refractivity contribution in [3.8, 4) is 0 Å². The van der Waals surface area contributed by atoms with Crippen molar-refractivity contribution in [1.82, 2.24) is 15.1 Å². The Labute approximate surface area is 106 Å². The van der Waals surface area contributed by atoms with E-state index in [0.29, 0.717) is 13.1 Å². The van der Waals surface area contributed by atoms with Crippen LogP contribution in [-0.4, -0.2) is 33.3 Å². The van der Waals surface area contributed by atoms with Crippen molar-refractivity contribution in [3.05, 3.63) is 18.5 Å². The lowest BCUT2D eigenvalue weighted by Gasteiger charge is -2.18. The fraction of sp³-hybridized carbons (Fsp3) is 0.545. The summed E-state index contributed by atoms with van der Waals surface area (Å²) in [6, 6.07) is 1.81. The summed E-state index contributed by atoms with van der Waals surface area (Å²) >= 11 is 0. The van der Waals surface area contributed by atoms with Gasteiger partial charge in [-0.3, -0.25) is 9.48 Å². The molecule has 0 aliphatic heterocycles. The van der Waals surface area contributed by atoms with Crippen molar-refractivity contribution >= 4 is 11.7 Å². The Morgan fingerprint density at radius 2 is 2.33 bits per heavy atom. The maximum atomic E-state index is 11.9. The normalized spacial score (nSPS) is 13.6. The first-order valence-electron chi connectivity index (χ1n) is 5.78. The molecule has 7 nitrogen and oxygen atoms in total. The van der Waals surface area contributed by atoms with E-state index in [9.17, 15) is 4.79 Å². The summed E-state index contributed by atoms with van der Waals surface area (Å²) in [4.78, 5) is 11.9. The van der Waals surface area contributed by atoms with Crippen molar-refractivity contribution in [1.29, 1.82) is 0 Å². The number of aromatic nitrogens is 2. The Hall–Kier alpha value is -2.05. The summed E-state index contributed by atoms with van der Waals surface area (Å²) in [6.45, 7) is 4.72.